The van der Waals surface area contributed by atoms with Crippen LogP contribution in [-0.4, -0.2) is 35.1 Å². The zero-order valence-electron chi connectivity index (χ0n) is 14.2. The molecule has 1 amide bonds. The molecule has 0 aliphatic rings. The van der Waals surface area contributed by atoms with Crippen LogP contribution in [0.25, 0.3) is 0 Å². The van der Waals surface area contributed by atoms with Gasteiger partial charge in [-0.1, -0.05) is 25.5 Å². The smallest absolute Gasteiger partial charge is 0.335 e. The number of nitrogens with zero attached hydrogens (tertiary/aromatic N) is 1. The molecule has 0 aliphatic carbocycles. The first-order chi connectivity index (χ1) is 12.1. The first-order valence-corrected chi connectivity index (χ1v) is 8.30. The summed E-state index contributed by atoms with van der Waals surface area (Å²) in [6, 6.07) is 10.00. The minimum Gasteiger partial charge on any atom is -0.478 e. The Kier molecular flexibility index (Phi) is 6.95. The minimum absolute atomic E-state index is 0.234. The number of benzene rings is 1. The average molecular weight is 342 g/mol. The number of carbonyl (C=O) groups is 2. The maximum atomic E-state index is 12.3. The van der Waals surface area contributed by atoms with Gasteiger partial charge in [-0.2, -0.15) is 0 Å². The first kappa shape index (κ1) is 18.4. The standard InChI is InChI=1S/C19H22N2O4/c1-2-3-13-25-18-16(5-4-11-21-18)17(22)20-12-10-14-6-8-15(9-7-14)19(23)24/h4-9,11H,2-3,10,12-13H2,1H3,(H,20,22)(H,23,24). The topological polar surface area (TPSA) is 88.5 Å². The summed E-state index contributed by atoms with van der Waals surface area (Å²) in [4.78, 5) is 27.3. The highest BCUT2D eigenvalue weighted by Gasteiger charge is 2.13. The number of carbonyl (C=O) groups excluding carboxylic acids is 1. The molecule has 0 saturated carbocycles. The Balaban J connectivity index is 1.88. The largest absolute Gasteiger partial charge is 0.478 e. The van der Waals surface area contributed by atoms with Gasteiger partial charge in [-0.25, -0.2) is 9.78 Å². The van der Waals surface area contributed by atoms with E-state index in [0.717, 1.165) is 18.4 Å². The first-order valence-electron chi connectivity index (χ1n) is 8.30. The third-order valence-corrected chi connectivity index (χ3v) is 3.65. The van der Waals surface area contributed by atoms with Crippen LogP contribution in [0.4, 0.5) is 0 Å². The van der Waals surface area contributed by atoms with E-state index in [-0.39, 0.29) is 11.5 Å². The molecular weight excluding hydrogens is 320 g/mol. The van der Waals surface area contributed by atoms with E-state index >= 15 is 0 Å². The van der Waals surface area contributed by atoms with Crippen molar-refractivity contribution in [2.24, 2.45) is 0 Å². The van der Waals surface area contributed by atoms with Gasteiger partial charge in [0.05, 0.1) is 12.2 Å². The van der Waals surface area contributed by atoms with Crippen LogP contribution >= 0.6 is 0 Å². The van der Waals surface area contributed by atoms with Crippen LogP contribution in [0.1, 0.15) is 46.0 Å². The Labute approximate surface area is 146 Å². The second kappa shape index (κ2) is 9.42. The lowest BCUT2D eigenvalue weighted by molar-refractivity contribution is 0.0696. The molecule has 0 aliphatic heterocycles. The number of carboxylic acid groups (broad SMARTS) is 1. The van der Waals surface area contributed by atoms with E-state index in [9.17, 15) is 9.59 Å². The summed E-state index contributed by atoms with van der Waals surface area (Å²) in [6.07, 6.45) is 4.12. The van der Waals surface area contributed by atoms with Gasteiger partial charge >= 0.3 is 5.97 Å². The van der Waals surface area contributed by atoms with E-state index in [1.807, 2.05) is 0 Å². The van der Waals surface area contributed by atoms with E-state index < -0.39 is 5.97 Å². The molecule has 0 atom stereocenters. The fourth-order valence-electron chi connectivity index (χ4n) is 2.22. The Morgan fingerprint density at radius 2 is 1.96 bits per heavy atom. The van der Waals surface area contributed by atoms with Crippen LogP contribution in [0.5, 0.6) is 5.88 Å². The lowest BCUT2D eigenvalue weighted by Gasteiger charge is -2.10. The van der Waals surface area contributed by atoms with Crippen molar-refractivity contribution in [2.75, 3.05) is 13.2 Å². The zero-order chi connectivity index (χ0) is 18.1. The molecule has 0 fully saturated rings. The average Bonchev–Trinajstić information content (AvgIpc) is 2.62. The van der Waals surface area contributed by atoms with Gasteiger partial charge in [0, 0.05) is 12.7 Å². The molecule has 132 valence electrons. The Morgan fingerprint density at radius 3 is 2.64 bits per heavy atom. The molecule has 0 spiro atoms. The number of hydrogen-bond donors (Lipinski definition) is 2. The van der Waals surface area contributed by atoms with Crippen LogP contribution in [0.3, 0.4) is 0 Å². The maximum Gasteiger partial charge on any atom is 0.335 e. The number of ether oxygens (including phenoxy) is 1. The molecule has 6 nitrogen and oxygen atoms in total. The fourth-order valence-corrected chi connectivity index (χ4v) is 2.22. The number of unbranched alkanes of at least 4 members (excludes halogenated alkanes) is 1. The maximum absolute atomic E-state index is 12.3. The highest BCUT2D eigenvalue weighted by molar-refractivity contribution is 5.96. The molecule has 1 aromatic heterocycles. The van der Waals surface area contributed by atoms with Crippen LogP contribution in [-0.2, 0) is 6.42 Å². The predicted octanol–water partition coefficient (Wildman–Crippen LogP) is 2.93. The molecular formula is C19H22N2O4. The summed E-state index contributed by atoms with van der Waals surface area (Å²) in [7, 11) is 0. The van der Waals surface area contributed by atoms with Gasteiger partial charge < -0.3 is 15.2 Å². The summed E-state index contributed by atoms with van der Waals surface area (Å²) < 4.78 is 5.57. The van der Waals surface area contributed by atoms with Gasteiger partial charge in [-0.3, -0.25) is 4.79 Å². The number of rotatable bonds is 9. The molecule has 0 bridgehead atoms. The van der Waals surface area contributed by atoms with Crippen molar-refractivity contribution in [1.82, 2.24) is 10.3 Å². The van der Waals surface area contributed by atoms with Crippen molar-refractivity contribution in [1.29, 1.82) is 0 Å². The van der Waals surface area contributed by atoms with Crippen molar-refractivity contribution in [3.05, 3.63) is 59.3 Å². The van der Waals surface area contributed by atoms with E-state index in [0.29, 0.717) is 31.0 Å². The van der Waals surface area contributed by atoms with E-state index in [1.54, 1.807) is 42.6 Å². The lowest BCUT2D eigenvalue weighted by Crippen LogP contribution is -2.26. The molecule has 2 aromatic rings. The molecule has 2 N–H and O–H groups in total. The minimum atomic E-state index is -0.952. The zero-order valence-corrected chi connectivity index (χ0v) is 14.2. The predicted molar refractivity (Wildman–Crippen MR) is 94.1 cm³/mol. The third kappa shape index (κ3) is 5.60. The molecule has 0 unspecified atom stereocenters. The van der Waals surface area contributed by atoms with Gasteiger partial charge in [0.15, 0.2) is 0 Å². The molecule has 1 aromatic carbocycles. The van der Waals surface area contributed by atoms with Gasteiger partial charge in [-0.15, -0.1) is 0 Å². The molecule has 25 heavy (non-hydrogen) atoms. The van der Waals surface area contributed by atoms with E-state index in [2.05, 4.69) is 17.2 Å². The molecule has 6 heteroatoms. The Hall–Kier alpha value is -2.89. The van der Waals surface area contributed by atoms with Gasteiger partial charge in [-0.05, 0) is 42.7 Å². The molecule has 0 saturated heterocycles. The van der Waals surface area contributed by atoms with Crippen LogP contribution in [0, 0.1) is 0 Å². The van der Waals surface area contributed by atoms with Gasteiger partial charge in [0.2, 0.25) is 5.88 Å². The quantitative estimate of drug-likeness (QED) is 0.684. The second-order valence-electron chi connectivity index (χ2n) is 5.57. The van der Waals surface area contributed by atoms with Crippen molar-refractivity contribution in [3.8, 4) is 5.88 Å². The summed E-state index contributed by atoms with van der Waals surface area (Å²) in [6.45, 7) is 3.04. The van der Waals surface area contributed by atoms with Crippen LogP contribution < -0.4 is 10.1 Å². The summed E-state index contributed by atoms with van der Waals surface area (Å²) >= 11 is 0. The fraction of sp³-hybridized carbons (Fsp3) is 0.316. The van der Waals surface area contributed by atoms with Crippen molar-refractivity contribution >= 4 is 11.9 Å². The molecule has 1 heterocycles. The number of pyridine rings is 1. The van der Waals surface area contributed by atoms with Gasteiger partial charge in [0.1, 0.15) is 5.56 Å². The van der Waals surface area contributed by atoms with Crippen LogP contribution in [0.2, 0.25) is 0 Å². The Bertz CT molecular complexity index is 714. The van der Waals surface area contributed by atoms with Crippen molar-refractivity contribution in [2.45, 2.75) is 26.2 Å². The Morgan fingerprint density at radius 1 is 1.20 bits per heavy atom. The molecule has 0 radical (unpaired) electrons. The highest BCUT2D eigenvalue weighted by atomic mass is 16.5. The number of nitrogens with one attached hydrogen (secondary N) is 1. The summed E-state index contributed by atoms with van der Waals surface area (Å²) in [5.74, 6) is -0.840. The number of hydrogen-bond acceptors (Lipinski definition) is 4. The van der Waals surface area contributed by atoms with Gasteiger partial charge in [0.25, 0.3) is 5.91 Å². The highest BCUT2D eigenvalue weighted by Crippen LogP contribution is 2.14. The third-order valence-electron chi connectivity index (χ3n) is 3.65. The normalized spacial score (nSPS) is 10.3. The SMILES string of the molecule is CCCCOc1ncccc1C(=O)NCCc1ccc(C(=O)O)cc1. The van der Waals surface area contributed by atoms with E-state index in [4.69, 9.17) is 9.84 Å². The number of amides is 1. The van der Waals surface area contributed by atoms with E-state index in [1.165, 1.54) is 0 Å². The van der Waals surface area contributed by atoms with Crippen LogP contribution in [0.15, 0.2) is 42.6 Å². The number of aromatic nitrogens is 1. The number of carboxylic acids is 1. The number of aromatic carboxylic acids is 1. The second-order valence-corrected chi connectivity index (χ2v) is 5.57. The summed E-state index contributed by atoms with van der Waals surface area (Å²) in [5.41, 5.74) is 1.62. The lowest BCUT2D eigenvalue weighted by atomic mass is 10.1. The monoisotopic (exact) mass is 342 g/mol. The summed E-state index contributed by atoms with van der Waals surface area (Å²) in [5, 5.41) is 11.7. The molecule has 2 rings (SSSR count). The van der Waals surface area contributed by atoms with Crippen molar-refractivity contribution in [3.63, 3.8) is 0 Å². The van der Waals surface area contributed by atoms with Crippen molar-refractivity contribution < 1.29 is 19.4 Å².